The van der Waals surface area contributed by atoms with Crippen molar-refractivity contribution in [1.82, 2.24) is 10.2 Å². The minimum Gasteiger partial charge on any atom is -0.469 e. The van der Waals surface area contributed by atoms with Crippen molar-refractivity contribution in [2.75, 3.05) is 5.32 Å². The molecule has 1 amide bonds. The van der Waals surface area contributed by atoms with Crippen molar-refractivity contribution in [3.05, 3.63) is 72.7 Å². The van der Waals surface area contributed by atoms with Crippen LogP contribution in [-0.4, -0.2) is 21.4 Å². The lowest BCUT2D eigenvalue weighted by molar-refractivity contribution is -0.115. The molecule has 1 atom stereocenters. The van der Waals surface area contributed by atoms with Gasteiger partial charge in [-0.05, 0) is 56.3 Å². The summed E-state index contributed by atoms with van der Waals surface area (Å²) in [5.74, 6) is 2.33. The SMILES string of the molecule is Cc1occc1-c1nnc(SC(C)C(=O)Nc2ccc(Oc3ccccc3)cc2)o1. The molecule has 8 heteroatoms. The molecule has 2 heterocycles. The number of thioether (sulfide) groups is 1. The number of anilines is 1. The van der Waals surface area contributed by atoms with Crippen molar-refractivity contribution in [2.45, 2.75) is 24.3 Å². The number of aromatic nitrogens is 2. The minimum absolute atomic E-state index is 0.170. The van der Waals surface area contributed by atoms with Gasteiger partial charge in [0, 0.05) is 5.69 Å². The molecule has 2 aromatic heterocycles. The summed E-state index contributed by atoms with van der Waals surface area (Å²) in [5.41, 5.74) is 1.41. The molecule has 30 heavy (non-hydrogen) atoms. The lowest BCUT2D eigenvalue weighted by Crippen LogP contribution is -2.22. The Bertz CT molecular complexity index is 1120. The van der Waals surface area contributed by atoms with E-state index in [0.29, 0.717) is 28.3 Å². The van der Waals surface area contributed by atoms with Gasteiger partial charge in [-0.3, -0.25) is 4.79 Å². The molecule has 0 aliphatic rings. The van der Waals surface area contributed by atoms with Crippen LogP contribution in [0.15, 0.2) is 81.0 Å². The van der Waals surface area contributed by atoms with Crippen molar-refractivity contribution in [2.24, 2.45) is 0 Å². The fourth-order valence-corrected chi connectivity index (χ4v) is 3.34. The highest BCUT2D eigenvalue weighted by atomic mass is 32.2. The quantitative estimate of drug-likeness (QED) is 0.391. The van der Waals surface area contributed by atoms with E-state index in [-0.39, 0.29) is 5.91 Å². The van der Waals surface area contributed by atoms with E-state index in [1.807, 2.05) is 37.3 Å². The normalized spacial score (nSPS) is 11.8. The molecule has 0 bridgehead atoms. The molecule has 0 saturated carbocycles. The van der Waals surface area contributed by atoms with E-state index in [2.05, 4.69) is 15.5 Å². The molecular weight excluding hydrogens is 402 g/mol. The zero-order valence-electron chi connectivity index (χ0n) is 16.4. The van der Waals surface area contributed by atoms with Gasteiger partial charge >= 0.3 is 0 Å². The van der Waals surface area contributed by atoms with Gasteiger partial charge in [-0.15, -0.1) is 10.2 Å². The second-order valence-electron chi connectivity index (χ2n) is 6.45. The van der Waals surface area contributed by atoms with Gasteiger partial charge in [-0.25, -0.2) is 0 Å². The second kappa shape index (κ2) is 8.87. The highest BCUT2D eigenvalue weighted by Gasteiger charge is 2.20. The molecule has 1 unspecified atom stereocenters. The van der Waals surface area contributed by atoms with Crippen LogP contribution in [-0.2, 0) is 4.79 Å². The minimum atomic E-state index is -0.427. The van der Waals surface area contributed by atoms with E-state index in [9.17, 15) is 4.79 Å². The maximum atomic E-state index is 12.5. The number of furan rings is 1. The number of ether oxygens (including phenoxy) is 1. The number of para-hydroxylation sites is 1. The van der Waals surface area contributed by atoms with Crippen molar-refractivity contribution in [1.29, 1.82) is 0 Å². The summed E-state index contributed by atoms with van der Waals surface area (Å²) in [6.45, 7) is 3.60. The van der Waals surface area contributed by atoms with Crippen LogP contribution in [0.4, 0.5) is 5.69 Å². The number of aryl methyl sites for hydroxylation is 1. The molecule has 4 rings (SSSR count). The average molecular weight is 421 g/mol. The number of benzene rings is 2. The lowest BCUT2D eigenvalue weighted by Gasteiger charge is -2.11. The number of amides is 1. The summed E-state index contributed by atoms with van der Waals surface area (Å²) in [5, 5.41) is 10.8. The van der Waals surface area contributed by atoms with Crippen LogP contribution >= 0.6 is 11.8 Å². The molecule has 2 aromatic carbocycles. The van der Waals surface area contributed by atoms with Gasteiger partial charge in [-0.2, -0.15) is 0 Å². The van der Waals surface area contributed by atoms with Gasteiger partial charge in [-0.1, -0.05) is 30.0 Å². The van der Waals surface area contributed by atoms with Crippen LogP contribution in [0.3, 0.4) is 0 Å². The van der Waals surface area contributed by atoms with E-state index < -0.39 is 5.25 Å². The second-order valence-corrected chi connectivity index (χ2v) is 7.74. The van der Waals surface area contributed by atoms with Gasteiger partial charge < -0.3 is 18.9 Å². The molecular formula is C22H19N3O4S. The molecule has 7 nitrogen and oxygen atoms in total. The van der Waals surface area contributed by atoms with Crippen LogP contribution in [0.5, 0.6) is 11.5 Å². The molecule has 1 N–H and O–H groups in total. The van der Waals surface area contributed by atoms with Gasteiger partial charge in [0.05, 0.1) is 17.1 Å². The molecule has 0 radical (unpaired) electrons. The Balaban J connectivity index is 1.33. The third-order valence-electron chi connectivity index (χ3n) is 4.24. The Labute approximate surface area is 177 Å². The fourth-order valence-electron chi connectivity index (χ4n) is 2.65. The highest BCUT2D eigenvalue weighted by Crippen LogP contribution is 2.29. The Hall–Kier alpha value is -3.52. The summed E-state index contributed by atoms with van der Waals surface area (Å²) >= 11 is 1.19. The topological polar surface area (TPSA) is 90.4 Å². The monoisotopic (exact) mass is 421 g/mol. The Morgan fingerprint density at radius 3 is 2.47 bits per heavy atom. The molecule has 0 spiro atoms. The van der Waals surface area contributed by atoms with Crippen molar-refractivity contribution in [3.8, 4) is 23.0 Å². The average Bonchev–Trinajstić information content (AvgIpc) is 3.38. The number of carbonyl (C=O) groups is 1. The van der Waals surface area contributed by atoms with Crippen LogP contribution in [0.25, 0.3) is 11.5 Å². The molecule has 0 aliphatic carbocycles. The Kier molecular flexibility index (Phi) is 5.85. The maximum Gasteiger partial charge on any atom is 0.277 e. The number of carbonyl (C=O) groups excluding carboxylic acids is 1. The van der Waals surface area contributed by atoms with Crippen molar-refractivity contribution >= 4 is 23.4 Å². The predicted octanol–water partition coefficient (Wildman–Crippen LogP) is 5.55. The first-order chi connectivity index (χ1) is 14.6. The number of hydrogen-bond acceptors (Lipinski definition) is 7. The first-order valence-corrected chi connectivity index (χ1v) is 10.1. The summed E-state index contributed by atoms with van der Waals surface area (Å²) < 4.78 is 16.6. The highest BCUT2D eigenvalue weighted by molar-refractivity contribution is 8.00. The molecule has 0 fully saturated rings. The third kappa shape index (κ3) is 4.72. The summed E-state index contributed by atoms with van der Waals surface area (Å²) in [6.07, 6.45) is 1.56. The van der Waals surface area contributed by atoms with Crippen molar-refractivity contribution in [3.63, 3.8) is 0 Å². The predicted molar refractivity (Wildman–Crippen MR) is 114 cm³/mol. The van der Waals surface area contributed by atoms with E-state index in [0.717, 1.165) is 11.3 Å². The Morgan fingerprint density at radius 1 is 1.03 bits per heavy atom. The maximum absolute atomic E-state index is 12.5. The number of nitrogens with zero attached hydrogens (tertiary/aromatic N) is 2. The van der Waals surface area contributed by atoms with Gasteiger partial charge in [0.25, 0.3) is 11.1 Å². The molecule has 0 aliphatic heterocycles. The third-order valence-corrected chi connectivity index (χ3v) is 5.18. The van der Waals surface area contributed by atoms with Crippen LogP contribution in [0.1, 0.15) is 12.7 Å². The summed E-state index contributed by atoms with van der Waals surface area (Å²) in [7, 11) is 0. The van der Waals surface area contributed by atoms with Gasteiger partial charge in [0.1, 0.15) is 17.3 Å². The number of nitrogens with one attached hydrogen (secondary N) is 1. The molecule has 4 aromatic rings. The zero-order valence-corrected chi connectivity index (χ0v) is 17.2. The van der Waals surface area contributed by atoms with Gasteiger partial charge in [0.15, 0.2) is 0 Å². The van der Waals surface area contributed by atoms with Crippen LogP contribution in [0, 0.1) is 6.92 Å². The summed E-state index contributed by atoms with van der Waals surface area (Å²) in [4.78, 5) is 12.5. The number of hydrogen-bond donors (Lipinski definition) is 1. The fraction of sp³-hybridized carbons (Fsp3) is 0.136. The van der Waals surface area contributed by atoms with Gasteiger partial charge in [0.2, 0.25) is 5.91 Å². The lowest BCUT2D eigenvalue weighted by atomic mass is 10.3. The van der Waals surface area contributed by atoms with Crippen LogP contribution < -0.4 is 10.1 Å². The Morgan fingerprint density at radius 2 is 1.77 bits per heavy atom. The smallest absolute Gasteiger partial charge is 0.277 e. The summed E-state index contributed by atoms with van der Waals surface area (Å²) in [6, 6.07) is 18.5. The first-order valence-electron chi connectivity index (χ1n) is 9.27. The largest absolute Gasteiger partial charge is 0.469 e. The van der Waals surface area contributed by atoms with Crippen molar-refractivity contribution < 1.29 is 18.4 Å². The molecule has 152 valence electrons. The van der Waals surface area contributed by atoms with E-state index in [4.69, 9.17) is 13.6 Å². The van der Waals surface area contributed by atoms with E-state index >= 15 is 0 Å². The zero-order chi connectivity index (χ0) is 20.9. The first kappa shape index (κ1) is 19.8. The van der Waals surface area contributed by atoms with Crippen LogP contribution in [0.2, 0.25) is 0 Å². The van der Waals surface area contributed by atoms with E-state index in [1.54, 1.807) is 43.5 Å². The number of rotatable bonds is 7. The van der Waals surface area contributed by atoms with E-state index in [1.165, 1.54) is 11.8 Å². The standard InChI is InChI=1S/C22H19N3O4S/c1-14-19(12-13-27-14)21-24-25-22(29-21)30-15(2)20(26)23-16-8-10-18(11-9-16)28-17-6-4-3-5-7-17/h3-13,15H,1-2H3,(H,23,26). The molecule has 0 saturated heterocycles.